The molecule has 2 rings (SSSR count). The minimum Gasteiger partial charge on any atom is -0.398 e. The molecule has 1 aromatic carbocycles. The Morgan fingerprint density at radius 2 is 2.21 bits per heavy atom. The number of nitrogens with zero attached hydrogens (tertiary/aromatic N) is 1. The van der Waals surface area contributed by atoms with E-state index in [0.717, 1.165) is 6.42 Å². The molecule has 0 aromatic heterocycles. The first-order valence-electron chi connectivity index (χ1n) is 6.12. The maximum Gasteiger partial charge on any atom is 0.256 e. The number of rotatable bonds is 2. The Balaban J connectivity index is 2.28. The van der Waals surface area contributed by atoms with Crippen molar-refractivity contribution in [1.82, 2.24) is 10.2 Å². The van der Waals surface area contributed by atoms with Gasteiger partial charge < -0.3 is 16.0 Å². The predicted octanol–water partition coefficient (Wildman–Crippen LogP) is 1.27. The van der Waals surface area contributed by atoms with Crippen LogP contribution in [-0.2, 0) is 4.79 Å². The molecular formula is C13H16ClN3O2. The van der Waals surface area contributed by atoms with Gasteiger partial charge in [-0.25, -0.2) is 0 Å². The average molecular weight is 282 g/mol. The summed E-state index contributed by atoms with van der Waals surface area (Å²) in [6, 6.07) is 4.35. The molecule has 2 amide bonds. The monoisotopic (exact) mass is 281 g/mol. The van der Waals surface area contributed by atoms with Crippen LogP contribution in [0.4, 0.5) is 5.69 Å². The fraction of sp³-hybridized carbons (Fsp3) is 0.385. The van der Waals surface area contributed by atoms with Gasteiger partial charge >= 0.3 is 0 Å². The number of likely N-dealkylation sites (N-methyl/N-ethyl adjacent to an activating group) is 1. The van der Waals surface area contributed by atoms with Crippen molar-refractivity contribution in [3.8, 4) is 0 Å². The van der Waals surface area contributed by atoms with E-state index in [1.165, 1.54) is 0 Å². The third-order valence-electron chi connectivity index (χ3n) is 3.31. The van der Waals surface area contributed by atoms with Crippen LogP contribution in [0, 0.1) is 0 Å². The summed E-state index contributed by atoms with van der Waals surface area (Å²) in [7, 11) is 1.57. The molecular weight excluding hydrogens is 266 g/mol. The maximum atomic E-state index is 12.5. The lowest BCUT2D eigenvalue weighted by Gasteiger charge is -2.24. The number of nitrogen functional groups attached to an aromatic ring is 1. The Bertz CT molecular complexity index is 519. The van der Waals surface area contributed by atoms with Crippen LogP contribution in [-0.4, -0.2) is 36.3 Å². The van der Waals surface area contributed by atoms with Crippen LogP contribution in [0.3, 0.4) is 0 Å². The van der Waals surface area contributed by atoms with E-state index in [0.29, 0.717) is 29.2 Å². The summed E-state index contributed by atoms with van der Waals surface area (Å²) in [5, 5.41) is 3.03. The highest BCUT2D eigenvalue weighted by molar-refractivity contribution is 6.31. The number of nitrogens with two attached hydrogens (primary N) is 1. The minimum absolute atomic E-state index is 0.147. The molecule has 1 unspecified atom stereocenters. The Kier molecular flexibility index (Phi) is 3.95. The highest BCUT2D eigenvalue weighted by Crippen LogP contribution is 2.24. The van der Waals surface area contributed by atoms with Gasteiger partial charge in [-0.2, -0.15) is 0 Å². The highest BCUT2D eigenvalue weighted by atomic mass is 35.5. The Morgan fingerprint density at radius 1 is 1.47 bits per heavy atom. The first-order chi connectivity index (χ1) is 9.04. The van der Waals surface area contributed by atoms with Gasteiger partial charge in [-0.15, -0.1) is 0 Å². The number of amides is 2. The predicted molar refractivity (Wildman–Crippen MR) is 74.0 cm³/mol. The molecule has 0 spiro atoms. The number of halogens is 1. The molecule has 19 heavy (non-hydrogen) atoms. The zero-order chi connectivity index (χ0) is 14.0. The van der Waals surface area contributed by atoms with Crippen molar-refractivity contribution in [3.05, 3.63) is 28.8 Å². The summed E-state index contributed by atoms with van der Waals surface area (Å²) in [4.78, 5) is 25.8. The fourth-order valence-electron chi connectivity index (χ4n) is 2.32. The van der Waals surface area contributed by atoms with Gasteiger partial charge in [0.2, 0.25) is 5.91 Å². The molecule has 0 bridgehead atoms. The molecule has 3 N–H and O–H groups in total. The second-order valence-electron chi connectivity index (χ2n) is 4.50. The van der Waals surface area contributed by atoms with Gasteiger partial charge in [0.25, 0.3) is 5.91 Å². The minimum atomic E-state index is -0.420. The standard InChI is InChI=1S/C13H16ClN3O2/c1-16-12(18)11-3-2-6-17(11)13(19)9-7-8(14)4-5-10(9)15/h4-5,7,11H,2-3,6,15H2,1H3,(H,16,18). The van der Waals surface area contributed by atoms with Crippen molar-refractivity contribution >= 4 is 29.1 Å². The summed E-state index contributed by atoms with van der Waals surface area (Å²) in [6.07, 6.45) is 1.48. The van der Waals surface area contributed by atoms with Crippen molar-refractivity contribution in [2.75, 3.05) is 19.3 Å². The average Bonchev–Trinajstić information content (AvgIpc) is 2.89. The van der Waals surface area contributed by atoms with Crippen LogP contribution in [0.25, 0.3) is 0 Å². The summed E-state index contributed by atoms with van der Waals surface area (Å²) in [5.74, 6) is -0.391. The number of carbonyl (C=O) groups is 2. The van der Waals surface area contributed by atoms with E-state index in [-0.39, 0.29) is 11.8 Å². The molecule has 0 radical (unpaired) electrons. The van der Waals surface area contributed by atoms with Crippen LogP contribution in [0.1, 0.15) is 23.2 Å². The summed E-state index contributed by atoms with van der Waals surface area (Å²) < 4.78 is 0. The quantitative estimate of drug-likeness (QED) is 0.802. The van der Waals surface area contributed by atoms with E-state index in [2.05, 4.69) is 5.32 Å². The number of likely N-dealkylation sites (tertiary alicyclic amines) is 1. The Morgan fingerprint density at radius 3 is 2.89 bits per heavy atom. The number of hydrogen-bond acceptors (Lipinski definition) is 3. The van der Waals surface area contributed by atoms with Crippen molar-refractivity contribution in [1.29, 1.82) is 0 Å². The summed E-state index contributed by atoms with van der Waals surface area (Å²) >= 11 is 5.89. The molecule has 1 heterocycles. The number of benzene rings is 1. The summed E-state index contributed by atoms with van der Waals surface area (Å²) in [5.41, 5.74) is 6.53. The topological polar surface area (TPSA) is 75.4 Å². The Hall–Kier alpha value is -1.75. The maximum absolute atomic E-state index is 12.5. The van der Waals surface area contributed by atoms with E-state index in [4.69, 9.17) is 17.3 Å². The molecule has 6 heteroatoms. The van der Waals surface area contributed by atoms with Crippen molar-refractivity contribution in [2.45, 2.75) is 18.9 Å². The molecule has 5 nitrogen and oxygen atoms in total. The number of anilines is 1. The molecule has 1 fully saturated rings. The number of nitrogens with one attached hydrogen (secondary N) is 1. The van der Waals surface area contributed by atoms with Gasteiger partial charge in [0.05, 0.1) is 5.56 Å². The molecule has 1 saturated heterocycles. The van der Waals surface area contributed by atoms with Gasteiger partial charge in [-0.3, -0.25) is 9.59 Å². The van der Waals surface area contributed by atoms with Crippen LogP contribution in [0.5, 0.6) is 0 Å². The normalized spacial score (nSPS) is 18.4. The lowest BCUT2D eigenvalue weighted by atomic mass is 10.1. The zero-order valence-corrected chi connectivity index (χ0v) is 11.4. The van der Waals surface area contributed by atoms with Crippen LogP contribution in [0.15, 0.2) is 18.2 Å². The zero-order valence-electron chi connectivity index (χ0n) is 10.6. The van der Waals surface area contributed by atoms with E-state index >= 15 is 0 Å². The molecule has 1 aromatic rings. The van der Waals surface area contributed by atoms with Gasteiger partial charge in [-0.1, -0.05) is 11.6 Å². The van der Waals surface area contributed by atoms with Crippen molar-refractivity contribution in [3.63, 3.8) is 0 Å². The number of hydrogen-bond donors (Lipinski definition) is 2. The molecule has 0 aliphatic carbocycles. The van der Waals surface area contributed by atoms with Crippen LogP contribution in [0.2, 0.25) is 5.02 Å². The van der Waals surface area contributed by atoms with Crippen LogP contribution < -0.4 is 11.1 Å². The first kappa shape index (κ1) is 13.7. The van der Waals surface area contributed by atoms with E-state index in [1.54, 1.807) is 30.1 Å². The molecule has 1 aliphatic heterocycles. The van der Waals surface area contributed by atoms with E-state index in [1.807, 2.05) is 0 Å². The van der Waals surface area contributed by atoms with Gasteiger partial charge in [-0.05, 0) is 31.0 Å². The van der Waals surface area contributed by atoms with Gasteiger partial charge in [0.15, 0.2) is 0 Å². The largest absolute Gasteiger partial charge is 0.398 e. The van der Waals surface area contributed by atoms with Crippen molar-refractivity contribution < 1.29 is 9.59 Å². The fourth-order valence-corrected chi connectivity index (χ4v) is 2.49. The molecule has 0 saturated carbocycles. The van der Waals surface area contributed by atoms with E-state index < -0.39 is 6.04 Å². The lowest BCUT2D eigenvalue weighted by Crippen LogP contribution is -2.45. The molecule has 1 aliphatic rings. The van der Waals surface area contributed by atoms with Gasteiger partial charge in [0, 0.05) is 24.3 Å². The number of carbonyl (C=O) groups excluding carboxylic acids is 2. The SMILES string of the molecule is CNC(=O)C1CCCN1C(=O)c1cc(Cl)ccc1N. The second kappa shape index (κ2) is 5.48. The van der Waals surface area contributed by atoms with E-state index in [9.17, 15) is 9.59 Å². The second-order valence-corrected chi connectivity index (χ2v) is 4.94. The van der Waals surface area contributed by atoms with Crippen molar-refractivity contribution in [2.24, 2.45) is 0 Å². The highest BCUT2D eigenvalue weighted by Gasteiger charge is 2.34. The van der Waals surface area contributed by atoms with Gasteiger partial charge in [0.1, 0.15) is 6.04 Å². The molecule has 102 valence electrons. The first-order valence-corrected chi connectivity index (χ1v) is 6.50. The third-order valence-corrected chi connectivity index (χ3v) is 3.54. The molecule has 1 atom stereocenters. The summed E-state index contributed by atoms with van der Waals surface area (Å²) in [6.45, 7) is 0.558. The smallest absolute Gasteiger partial charge is 0.256 e. The lowest BCUT2D eigenvalue weighted by molar-refractivity contribution is -0.124. The van der Waals surface area contributed by atoms with Crippen LogP contribution >= 0.6 is 11.6 Å². The third kappa shape index (κ3) is 2.66. The Labute approximate surface area is 116 Å².